The minimum atomic E-state index is -0.0174. The standard InChI is InChI=1S/C16H17N5O2S/c1-2-20(12-7-4-3-5-8-12)14(22)11-24-16-19-18-15(21(16)17)13-9-6-10-23-13/h3-10H,2,11,17H2,1H3. The van der Waals surface area contributed by atoms with Gasteiger partial charge in [0.25, 0.3) is 0 Å². The molecule has 0 fully saturated rings. The second kappa shape index (κ2) is 7.22. The van der Waals surface area contributed by atoms with Crippen LogP contribution in [0.25, 0.3) is 11.6 Å². The molecule has 1 aromatic carbocycles. The molecule has 24 heavy (non-hydrogen) atoms. The van der Waals surface area contributed by atoms with Crippen LogP contribution in [0.15, 0.2) is 58.3 Å². The number of carbonyl (C=O) groups excluding carboxylic acids is 1. The Morgan fingerprint density at radius 2 is 2.04 bits per heavy atom. The second-order valence-electron chi connectivity index (χ2n) is 4.92. The van der Waals surface area contributed by atoms with Gasteiger partial charge in [0.2, 0.25) is 16.9 Å². The van der Waals surface area contributed by atoms with Crippen LogP contribution in [0, 0.1) is 0 Å². The normalized spacial score (nSPS) is 10.7. The number of nitrogen functional groups attached to an aromatic ring is 1. The Labute approximate surface area is 143 Å². The van der Waals surface area contributed by atoms with Gasteiger partial charge in [-0.2, -0.15) is 0 Å². The molecule has 1 amide bonds. The maximum Gasteiger partial charge on any atom is 0.237 e. The Morgan fingerprint density at radius 3 is 2.71 bits per heavy atom. The van der Waals surface area contributed by atoms with Crippen LogP contribution in [0.4, 0.5) is 5.69 Å². The van der Waals surface area contributed by atoms with E-state index in [9.17, 15) is 4.79 Å². The van der Waals surface area contributed by atoms with Crippen LogP contribution in [0.5, 0.6) is 0 Å². The number of para-hydroxylation sites is 1. The number of aromatic nitrogens is 3. The van der Waals surface area contributed by atoms with Crippen molar-refractivity contribution in [1.82, 2.24) is 14.9 Å². The summed E-state index contributed by atoms with van der Waals surface area (Å²) in [6.45, 7) is 2.53. The Morgan fingerprint density at radius 1 is 1.25 bits per heavy atom. The summed E-state index contributed by atoms with van der Waals surface area (Å²) in [6.07, 6.45) is 1.54. The van der Waals surface area contributed by atoms with Crippen LogP contribution in [-0.4, -0.2) is 33.1 Å². The average molecular weight is 343 g/mol. The van der Waals surface area contributed by atoms with Crippen LogP contribution in [0.1, 0.15) is 6.92 Å². The summed E-state index contributed by atoms with van der Waals surface area (Å²) in [5, 5.41) is 8.49. The van der Waals surface area contributed by atoms with E-state index in [1.54, 1.807) is 23.3 Å². The van der Waals surface area contributed by atoms with Gasteiger partial charge in [-0.1, -0.05) is 30.0 Å². The topological polar surface area (TPSA) is 90.2 Å². The molecule has 0 unspecified atom stereocenters. The van der Waals surface area contributed by atoms with Gasteiger partial charge in [-0.05, 0) is 31.2 Å². The number of hydrogen-bond donors (Lipinski definition) is 1. The summed E-state index contributed by atoms with van der Waals surface area (Å²) in [4.78, 5) is 14.2. The SMILES string of the molecule is CCN(C(=O)CSc1nnc(-c2ccco2)n1N)c1ccccc1. The molecule has 0 aliphatic carbocycles. The summed E-state index contributed by atoms with van der Waals surface area (Å²) in [5.74, 6) is 7.14. The van der Waals surface area contributed by atoms with Gasteiger partial charge < -0.3 is 15.2 Å². The number of rotatable bonds is 6. The third-order valence-electron chi connectivity index (χ3n) is 3.42. The zero-order chi connectivity index (χ0) is 16.9. The number of nitrogens with two attached hydrogens (primary N) is 1. The van der Waals surface area contributed by atoms with Crippen LogP contribution < -0.4 is 10.7 Å². The summed E-state index contributed by atoms with van der Waals surface area (Å²) < 4.78 is 6.59. The predicted octanol–water partition coefficient (Wildman–Crippen LogP) is 2.40. The number of benzene rings is 1. The van der Waals surface area contributed by atoms with Crippen LogP contribution in [0.2, 0.25) is 0 Å². The summed E-state index contributed by atoms with van der Waals surface area (Å²) in [6, 6.07) is 13.1. The fraction of sp³-hybridized carbons (Fsp3) is 0.188. The van der Waals surface area contributed by atoms with Gasteiger partial charge in [-0.15, -0.1) is 10.2 Å². The first-order chi connectivity index (χ1) is 11.7. The van der Waals surface area contributed by atoms with Gasteiger partial charge in [0.15, 0.2) is 5.76 Å². The number of amides is 1. The van der Waals surface area contributed by atoms with Gasteiger partial charge >= 0.3 is 0 Å². The summed E-state index contributed by atoms with van der Waals surface area (Å²) >= 11 is 1.24. The zero-order valence-corrected chi connectivity index (χ0v) is 13.9. The van der Waals surface area contributed by atoms with Gasteiger partial charge in [0.05, 0.1) is 12.0 Å². The third-order valence-corrected chi connectivity index (χ3v) is 4.34. The molecule has 0 atom stereocenters. The number of furan rings is 1. The molecule has 0 saturated heterocycles. The van der Waals surface area contributed by atoms with Crippen molar-refractivity contribution in [2.75, 3.05) is 23.0 Å². The van der Waals surface area contributed by atoms with Crippen molar-refractivity contribution in [3.63, 3.8) is 0 Å². The highest BCUT2D eigenvalue weighted by Gasteiger charge is 2.18. The molecule has 8 heteroatoms. The van der Waals surface area contributed by atoms with E-state index in [0.717, 1.165) is 5.69 Å². The lowest BCUT2D eigenvalue weighted by Crippen LogP contribution is -2.32. The quantitative estimate of drug-likeness (QED) is 0.546. The Hall–Kier alpha value is -2.74. The highest BCUT2D eigenvalue weighted by Crippen LogP contribution is 2.23. The van der Waals surface area contributed by atoms with Gasteiger partial charge in [0.1, 0.15) is 0 Å². The molecule has 0 saturated carbocycles. The van der Waals surface area contributed by atoms with Crippen LogP contribution in [0.3, 0.4) is 0 Å². The van der Waals surface area contributed by atoms with Crippen LogP contribution >= 0.6 is 11.8 Å². The lowest BCUT2D eigenvalue weighted by atomic mass is 10.3. The molecule has 2 heterocycles. The van der Waals surface area contributed by atoms with Crippen molar-refractivity contribution in [3.05, 3.63) is 48.7 Å². The van der Waals surface area contributed by atoms with E-state index in [1.165, 1.54) is 16.4 Å². The largest absolute Gasteiger partial charge is 0.461 e. The van der Waals surface area contributed by atoms with Gasteiger partial charge in [-0.3, -0.25) is 4.79 Å². The average Bonchev–Trinajstić information content (AvgIpc) is 3.24. The molecule has 0 radical (unpaired) electrons. The molecular weight excluding hydrogens is 326 g/mol. The lowest BCUT2D eigenvalue weighted by molar-refractivity contribution is -0.116. The van der Waals surface area contributed by atoms with Crippen molar-refractivity contribution in [1.29, 1.82) is 0 Å². The highest BCUT2D eigenvalue weighted by atomic mass is 32.2. The first-order valence-corrected chi connectivity index (χ1v) is 8.42. The maximum atomic E-state index is 12.5. The van der Waals surface area contributed by atoms with Crippen LogP contribution in [-0.2, 0) is 4.79 Å². The first kappa shape index (κ1) is 16.1. The van der Waals surface area contributed by atoms with E-state index in [-0.39, 0.29) is 11.7 Å². The molecule has 0 spiro atoms. The van der Waals surface area contributed by atoms with E-state index in [2.05, 4.69) is 10.2 Å². The zero-order valence-electron chi connectivity index (χ0n) is 13.1. The Bertz CT molecular complexity index is 801. The van der Waals surface area contributed by atoms with E-state index >= 15 is 0 Å². The first-order valence-electron chi connectivity index (χ1n) is 7.43. The Kier molecular flexibility index (Phi) is 4.85. The number of carbonyl (C=O) groups is 1. The van der Waals surface area contributed by atoms with E-state index in [1.807, 2.05) is 37.3 Å². The highest BCUT2D eigenvalue weighted by molar-refractivity contribution is 7.99. The van der Waals surface area contributed by atoms with Gasteiger partial charge in [-0.25, -0.2) is 4.68 Å². The van der Waals surface area contributed by atoms with E-state index in [4.69, 9.17) is 10.3 Å². The number of hydrogen-bond acceptors (Lipinski definition) is 6. The van der Waals surface area contributed by atoms with Crippen molar-refractivity contribution in [3.8, 4) is 11.6 Å². The van der Waals surface area contributed by atoms with Gasteiger partial charge in [0, 0.05) is 12.2 Å². The molecule has 0 bridgehead atoms. The molecule has 3 rings (SSSR count). The maximum absolute atomic E-state index is 12.5. The number of thioether (sulfide) groups is 1. The van der Waals surface area contributed by atoms with Crippen molar-refractivity contribution < 1.29 is 9.21 Å². The minimum Gasteiger partial charge on any atom is -0.461 e. The molecule has 0 aliphatic heterocycles. The number of anilines is 1. The Balaban J connectivity index is 1.68. The molecule has 7 nitrogen and oxygen atoms in total. The molecular formula is C16H17N5O2S. The lowest BCUT2D eigenvalue weighted by Gasteiger charge is -2.20. The van der Waals surface area contributed by atoms with Crippen molar-refractivity contribution in [2.45, 2.75) is 12.1 Å². The second-order valence-corrected chi connectivity index (χ2v) is 5.86. The fourth-order valence-electron chi connectivity index (χ4n) is 2.26. The summed E-state index contributed by atoms with van der Waals surface area (Å²) in [7, 11) is 0. The van der Waals surface area contributed by atoms with Crippen molar-refractivity contribution in [2.24, 2.45) is 0 Å². The molecule has 124 valence electrons. The van der Waals surface area contributed by atoms with E-state index in [0.29, 0.717) is 23.3 Å². The molecule has 3 aromatic rings. The minimum absolute atomic E-state index is 0.0174. The fourth-order valence-corrected chi connectivity index (χ4v) is 3.00. The third kappa shape index (κ3) is 3.28. The summed E-state index contributed by atoms with van der Waals surface area (Å²) in [5.41, 5.74) is 0.871. The molecule has 2 N–H and O–H groups in total. The number of nitrogens with zero attached hydrogens (tertiary/aromatic N) is 4. The van der Waals surface area contributed by atoms with E-state index < -0.39 is 0 Å². The molecule has 2 aromatic heterocycles. The smallest absolute Gasteiger partial charge is 0.237 e. The van der Waals surface area contributed by atoms with Crippen molar-refractivity contribution >= 4 is 23.4 Å². The monoisotopic (exact) mass is 343 g/mol. The molecule has 0 aliphatic rings. The predicted molar refractivity (Wildman–Crippen MR) is 93.1 cm³/mol.